The number of nitrogens with zero attached hydrogens (tertiary/aromatic N) is 3. The molecule has 0 aromatic heterocycles. The van der Waals surface area contributed by atoms with Crippen molar-refractivity contribution in [2.45, 2.75) is 15.8 Å². The summed E-state index contributed by atoms with van der Waals surface area (Å²) >= 11 is 13.5. The Labute approximate surface area is 241 Å². The van der Waals surface area contributed by atoms with Crippen LogP contribution < -0.4 is 0 Å². The number of piperazine rings is 1. The molecule has 39 heavy (non-hydrogen) atoms. The summed E-state index contributed by atoms with van der Waals surface area (Å²) in [4.78, 5) is 30.2. The van der Waals surface area contributed by atoms with E-state index in [0.717, 1.165) is 10.5 Å². The SMILES string of the molecule is O=C(c1ccc(Sc2cccc(Cl)c2)c([N+](=O)[O-])c1)N1CCN([C@@H](c2ccccc2)c2ccc(Cl)cc2)CC1. The molecule has 4 aromatic rings. The summed E-state index contributed by atoms with van der Waals surface area (Å²) in [5.74, 6) is -0.209. The fourth-order valence-electron chi connectivity index (χ4n) is 4.80. The van der Waals surface area contributed by atoms with E-state index < -0.39 is 4.92 Å². The fourth-order valence-corrected chi connectivity index (χ4v) is 6.14. The van der Waals surface area contributed by atoms with Crippen LogP contribution >= 0.6 is 35.0 Å². The first-order valence-electron chi connectivity index (χ1n) is 12.4. The highest BCUT2D eigenvalue weighted by molar-refractivity contribution is 7.99. The molecule has 1 saturated heterocycles. The van der Waals surface area contributed by atoms with Gasteiger partial charge in [-0.2, -0.15) is 0 Å². The van der Waals surface area contributed by atoms with E-state index in [1.54, 1.807) is 35.2 Å². The summed E-state index contributed by atoms with van der Waals surface area (Å²) in [6.45, 7) is 2.36. The van der Waals surface area contributed by atoms with E-state index in [1.807, 2.05) is 48.5 Å². The van der Waals surface area contributed by atoms with Crippen molar-refractivity contribution in [2.24, 2.45) is 0 Å². The van der Waals surface area contributed by atoms with Crippen molar-refractivity contribution >= 4 is 46.6 Å². The summed E-state index contributed by atoms with van der Waals surface area (Å²) < 4.78 is 0. The highest BCUT2D eigenvalue weighted by Gasteiger charge is 2.29. The third-order valence-corrected chi connectivity index (χ3v) is 8.24. The van der Waals surface area contributed by atoms with Gasteiger partial charge in [-0.25, -0.2) is 0 Å². The number of nitro groups is 1. The van der Waals surface area contributed by atoms with Crippen LogP contribution in [0, 0.1) is 10.1 Å². The molecule has 198 valence electrons. The number of benzene rings is 4. The molecule has 0 spiro atoms. The van der Waals surface area contributed by atoms with Crippen molar-refractivity contribution in [3.63, 3.8) is 0 Å². The van der Waals surface area contributed by atoms with E-state index in [0.29, 0.717) is 46.7 Å². The Morgan fingerprint density at radius 2 is 1.49 bits per heavy atom. The zero-order valence-corrected chi connectivity index (χ0v) is 23.2. The molecule has 1 aliphatic rings. The van der Waals surface area contributed by atoms with Crippen LogP contribution in [0.4, 0.5) is 5.69 Å². The molecule has 4 aromatic carbocycles. The number of halogens is 2. The lowest BCUT2D eigenvalue weighted by atomic mass is 9.96. The first kappa shape index (κ1) is 27.2. The summed E-state index contributed by atoms with van der Waals surface area (Å²) in [5.41, 5.74) is 2.51. The van der Waals surface area contributed by atoms with Gasteiger partial charge in [0.2, 0.25) is 0 Å². The largest absolute Gasteiger partial charge is 0.336 e. The minimum atomic E-state index is -0.446. The molecule has 0 saturated carbocycles. The molecule has 1 heterocycles. The number of carbonyl (C=O) groups excluding carboxylic acids is 1. The molecule has 0 aliphatic carbocycles. The maximum absolute atomic E-state index is 13.4. The quantitative estimate of drug-likeness (QED) is 0.167. The minimum Gasteiger partial charge on any atom is -0.336 e. The smallest absolute Gasteiger partial charge is 0.284 e. The highest BCUT2D eigenvalue weighted by Crippen LogP contribution is 2.37. The maximum Gasteiger partial charge on any atom is 0.284 e. The molecule has 0 radical (unpaired) electrons. The predicted molar refractivity (Wildman–Crippen MR) is 156 cm³/mol. The van der Waals surface area contributed by atoms with Gasteiger partial charge in [-0.05, 0) is 53.6 Å². The predicted octanol–water partition coefficient (Wildman–Crippen LogP) is 7.60. The van der Waals surface area contributed by atoms with Gasteiger partial charge in [0.15, 0.2) is 0 Å². The maximum atomic E-state index is 13.4. The van der Waals surface area contributed by atoms with Gasteiger partial charge in [0.05, 0.1) is 15.9 Å². The van der Waals surface area contributed by atoms with E-state index in [9.17, 15) is 14.9 Å². The first-order valence-corrected chi connectivity index (χ1v) is 14.0. The number of amides is 1. The normalized spacial score (nSPS) is 14.7. The van der Waals surface area contributed by atoms with Crippen LogP contribution in [-0.2, 0) is 0 Å². The van der Waals surface area contributed by atoms with Crippen LogP contribution in [0.2, 0.25) is 10.0 Å². The van der Waals surface area contributed by atoms with Crippen LogP contribution in [0.3, 0.4) is 0 Å². The summed E-state index contributed by atoms with van der Waals surface area (Å²) in [6.07, 6.45) is 0. The summed E-state index contributed by atoms with van der Waals surface area (Å²) in [5, 5.41) is 13.1. The third kappa shape index (κ3) is 6.45. The van der Waals surface area contributed by atoms with Crippen LogP contribution in [0.25, 0.3) is 0 Å². The Morgan fingerprint density at radius 1 is 0.795 bits per heavy atom. The monoisotopic (exact) mass is 577 g/mol. The Balaban J connectivity index is 1.32. The van der Waals surface area contributed by atoms with Crippen molar-refractivity contribution in [3.05, 3.63) is 134 Å². The average Bonchev–Trinajstić information content (AvgIpc) is 2.95. The average molecular weight is 579 g/mol. The lowest BCUT2D eigenvalue weighted by Gasteiger charge is -2.39. The van der Waals surface area contributed by atoms with Crippen molar-refractivity contribution < 1.29 is 9.72 Å². The number of rotatable bonds is 7. The molecule has 1 aliphatic heterocycles. The molecule has 0 N–H and O–H groups in total. The summed E-state index contributed by atoms with van der Waals surface area (Å²) in [7, 11) is 0. The second-order valence-electron chi connectivity index (χ2n) is 9.19. The Morgan fingerprint density at radius 3 is 2.15 bits per heavy atom. The third-order valence-electron chi connectivity index (χ3n) is 6.69. The molecular weight excluding hydrogens is 553 g/mol. The van der Waals surface area contributed by atoms with Gasteiger partial charge in [0, 0.05) is 52.7 Å². The van der Waals surface area contributed by atoms with E-state index in [4.69, 9.17) is 23.2 Å². The second kappa shape index (κ2) is 12.2. The summed E-state index contributed by atoms with van der Waals surface area (Å²) in [6, 6.07) is 30.0. The number of carbonyl (C=O) groups is 1. The van der Waals surface area contributed by atoms with Crippen molar-refractivity contribution in [3.8, 4) is 0 Å². The molecule has 6 nitrogen and oxygen atoms in total. The fraction of sp³-hybridized carbons (Fsp3) is 0.167. The molecular formula is C30H25Cl2N3O3S. The number of hydrogen-bond acceptors (Lipinski definition) is 5. The van der Waals surface area contributed by atoms with Crippen LogP contribution in [0.1, 0.15) is 27.5 Å². The van der Waals surface area contributed by atoms with E-state index in [1.165, 1.54) is 23.4 Å². The van der Waals surface area contributed by atoms with Gasteiger partial charge in [0.1, 0.15) is 0 Å². The van der Waals surface area contributed by atoms with Gasteiger partial charge in [0.25, 0.3) is 11.6 Å². The van der Waals surface area contributed by atoms with E-state index in [2.05, 4.69) is 17.0 Å². The molecule has 5 rings (SSSR count). The van der Waals surface area contributed by atoms with Gasteiger partial charge in [-0.3, -0.25) is 19.8 Å². The van der Waals surface area contributed by atoms with E-state index >= 15 is 0 Å². The Hall–Kier alpha value is -3.36. The molecule has 0 bridgehead atoms. The van der Waals surface area contributed by atoms with Crippen molar-refractivity contribution in [1.29, 1.82) is 0 Å². The number of hydrogen-bond donors (Lipinski definition) is 0. The first-order chi connectivity index (χ1) is 18.9. The Bertz CT molecular complexity index is 1480. The lowest BCUT2D eigenvalue weighted by Crippen LogP contribution is -2.49. The molecule has 1 atom stereocenters. The van der Waals surface area contributed by atoms with E-state index in [-0.39, 0.29) is 17.6 Å². The van der Waals surface area contributed by atoms with Crippen molar-refractivity contribution in [2.75, 3.05) is 26.2 Å². The van der Waals surface area contributed by atoms with Gasteiger partial charge >= 0.3 is 0 Å². The molecule has 1 fully saturated rings. The molecule has 0 unspecified atom stereocenters. The molecule has 9 heteroatoms. The highest BCUT2D eigenvalue weighted by atomic mass is 35.5. The van der Waals surface area contributed by atoms with Crippen LogP contribution in [0.5, 0.6) is 0 Å². The van der Waals surface area contributed by atoms with Gasteiger partial charge in [-0.1, -0.05) is 83.5 Å². The topological polar surface area (TPSA) is 66.7 Å². The van der Waals surface area contributed by atoms with Gasteiger partial charge < -0.3 is 4.90 Å². The lowest BCUT2D eigenvalue weighted by molar-refractivity contribution is -0.387. The van der Waals surface area contributed by atoms with Crippen molar-refractivity contribution in [1.82, 2.24) is 9.80 Å². The van der Waals surface area contributed by atoms with Gasteiger partial charge in [-0.15, -0.1) is 0 Å². The zero-order valence-electron chi connectivity index (χ0n) is 20.9. The number of nitro benzene ring substituents is 1. The van der Waals surface area contributed by atoms with Crippen LogP contribution in [-0.4, -0.2) is 46.8 Å². The van der Waals surface area contributed by atoms with Crippen LogP contribution in [0.15, 0.2) is 107 Å². The second-order valence-corrected chi connectivity index (χ2v) is 11.2. The minimum absolute atomic E-state index is 0.0320. The zero-order chi connectivity index (χ0) is 27.4. The molecule has 1 amide bonds. The standard InChI is InChI=1S/C30H25Cl2N3O3S/c31-24-12-9-22(10-13-24)29(21-5-2-1-3-6-21)33-15-17-34(18-16-33)30(36)23-11-14-28(27(19-23)35(37)38)39-26-8-4-7-25(32)20-26/h1-14,19-20,29H,15-18H2/t29-/m0/s1. The Kier molecular flexibility index (Phi) is 8.53.